The van der Waals surface area contributed by atoms with Gasteiger partial charge in [0.05, 0.1) is 6.61 Å². The molecule has 1 fully saturated rings. The zero-order valence-corrected chi connectivity index (χ0v) is 24.8. The van der Waals surface area contributed by atoms with Crippen molar-refractivity contribution < 1.29 is 44.3 Å². The first-order valence-electron chi connectivity index (χ1n) is 14.0. The molecule has 5 atom stereocenters. The van der Waals surface area contributed by atoms with Crippen LogP contribution in [0.1, 0.15) is 52.4 Å². The van der Waals surface area contributed by atoms with Crippen molar-refractivity contribution in [2.24, 2.45) is 0 Å². The Hall–Kier alpha value is -2.41. The normalized spacial score (nSPS) is 21.9. The number of rotatable bonds is 19. The standard InChI is InChI=1S/C27H46N4O9S/c1-4-7-8-9-20(33)28-11-12-30(22(35)5-2)13-14-31(23(36)6-3)15-17-41-16-10-21(34)29-24-26(38)25(37)19(18-32)40-27(24)39/h1,19,24-27,32,37-39H,5-18H2,2-3H3,(H,28,33)(H,29,34)/t19?,24?,25-,26+,27-/m1/s1. The minimum Gasteiger partial charge on any atom is -0.394 e. The van der Waals surface area contributed by atoms with E-state index in [0.717, 1.165) is 0 Å². The topological polar surface area (TPSA) is 189 Å². The Balaban J connectivity index is 2.46. The number of thioether (sulfide) groups is 1. The highest BCUT2D eigenvalue weighted by atomic mass is 32.2. The highest BCUT2D eigenvalue weighted by Gasteiger charge is 2.44. The lowest BCUT2D eigenvalue weighted by molar-refractivity contribution is -0.253. The number of carbonyl (C=O) groups is 4. The number of hydrogen-bond donors (Lipinski definition) is 6. The van der Waals surface area contributed by atoms with Gasteiger partial charge in [0.15, 0.2) is 6.29 Å². The minimum absolute atomic E-state index is 0.0610. The van der Waals surface area contributed by atoms with Crippen molar-refractivity contribution in [3.63, 3.8) is 0 Å². The molecule has 1 heterocycles. The Morgan fingerprint density at radius 2 is 1.54 bits per heavy atom. The van der Waals surface area contributed by atoms with Crippen molar-refractivity contribution in [1.29, 1.82) is 0 Å². The van der Waals surface area contributed by atoms with Crippen LogP contribution in [0, 0.1) is 12.3 Å². The predicted octanol–water partition coefficient (Wildman–Crippen LogP) is -1.58. The van der Waals surface area contributed by atoms with Crippen molar-refractivity contribution in [1.82, 2.24) is 20.4 Å². The second-order valence-electron chi connectivity index (χ2n) is 9.56. The molecule has 234 valence electrons. The van der Waals surface area contributed by atoms with Gasteiger partial charge in [-0.2, -0.15) is 11.8 Å². The number of ether oxygens (including phenoxy) is 1. The second-order valence-corrected chi connectivity index (χ2v) is 10.8. The predicted molar refractivity (Wildman–Crippen MR) is 153 cm³/mol. The molecular formula is C27H46N4O9S. The first-order valence-corrected chi connectivity index (χ1v) is 15.2. The van der Waals surface area contributed by atoms with Crippen LogP contribution >= 0.6 is 11.8 Å². The van der Waals surface area contributed by atoms with Crippen LogP contribution in [0.3, 0.4) is 0 Å². The molecule has 1 rings (SSSR count). The largest absolute Gasteiger partial charge is 0.394 e. The summed E-state index contributed by atoms with van der Waals surface area (Å²) in [6.45, 7) is 4.65. The average Bonchev–Trinajstić information content (AvgIpc) is 2.96. The molecule has 0 aromatic rings. The summed E-state index contributed by atoms with van der Waals surface area (Å²) in [4.78, 5) is 52.4. The van der Waals surface area contributed by atoms with E-state index in [2.05, 4.69) is 16.6 Å². The molecule has 4 amide bonds. The summed E-state index contributed by atoms with van der Waals surface area (Å²) >= 11 is 1.44. The van der Waals surface area contributed by atoms with Crippen LogP contribution in [0.5, 0.6) is 0 Å². The Bertz CT molecular complexity index is 872. The van der Waals surface area contributed by atoms with Gasteiger partial charge in [-0.25, -0.2) is 0 Å². The monoisotopic (exact) mass is 602 g/mol. The fraction of sp³-hybridized carbons (Fsp3) is 0.778. The Labute approximate surface area is 246 Å². The molecule has 1 aliphatic rings. The summed E-state index contributed by atoms with van der Waals surface area (Å²) in [6.07, 6.45) is 1.64. The van der Waals surface area contributed by atoms with Crippen LogP contribution < -0.4 is 10.6 Å². The minimum atomic E-state index is -1.58. The Morgan fingerprint density at radius 1 is 0.902 bits per heavy atom. The molecule has 0 spiro atoms. The van der Waals surface area contributed by atoms with Gasteiger partial charge in [0.25, 0.3) is 0 Å². The second kappa shape index (κ2) is 20.5. The number of nitrogens with one attached hydrogen (secondary N) is 2. The van der Waals surface area contributed by atoms with Crippen molar-refractivity contribution >= 4 is 35.4 Å². The van der Waals surface area contributed by atoms with E-state index in [-0.39, 0.29) is 24.1 Å². The third-order valence-corrected chi connectivity index (χ3v) is 7.55. The average molecular weight is 603 g/mol. The van der Waals surface area contributed by atoms with Crippen LogP contribution in [0.25, 0.3) is 0 Å². The van der Waals surface area contributed by atoms with E-state index in [1.165, 1.54) is 11.8 Å². The van der Waals surface area contributed by atoms with Crippen LogP contribution in [0.4, 0.5) is 0 Å². The van der Waals surface area contributed by atoms with Gasteiger partial charge >= 0.3 is 0 Å². The lowest BCUT2D eigenvalue weighted by atomic mass is 9.97. The van der Waals surface area contributed by atoms with Crippen molar-refractivity contribution in [2.45, 2.75) is 83.0 Å². The maximum Gasteiger partial charge on any atom is 0.222 e. The summed E-state index contributed by atoms with van der Waals surface area (Å²) < 4.78 is 5.03. The van der Waals surface area contributed by atoms with Gasteiger partial charge in [-0.15, -0.1) is 12.3 Å². The lowest BCUT2D eigenvalue weighted by Gasteiger charge is -2.40. The molecule has 0 saturated carbocycles. The third kappa shape index (κ3) is 13.4. The number of nitrogens with zero attached hydrogens (tertiary/aromatic N) is 2. The molecule has 6 N–H and O–H groups in total. The molecule has 2 unspecified atom stereocenters. The summed E-state index contributed by atoms with van der Waals surface area (Å²) in [7, 11) is 0. The molecule has 0 aromatic carbocycles. The van der Waals surface area contributed by atoms with Gasteiger partial charge in [-0.05, 0) is 6.42 Å². The van der Waals surface area contributed by atoms with Gasteiger partial charge in [0, 0.05) is 76.3 Å². The molecule has 0 aromatic heterocycles. The summed E-state index contributed by atoms with van der Waals surface area (Å²) in [6, 6.07) is -1.24. The maximum absolute atomic E-state index is 12.5. The zero-order chi connectivity index (χ0) is 30.8. The molecule has 1 saturated heterocycles. The van der Waals surface area contributed by atoms with E-state index in [4.69, 9.17) is 16.3 Å². The maximum atomic E-state index is 12.5. The molecule has 0 aliphatic carbocycles. The van der Waals surface area contributed by atoms with Crippen molar-refractivity contribution in [3.05, 3.63) is 0 Å². The molecule has 41 heavy (non-hydrogen) atoms. The number of terminal acetylenes is 1. The molecule has 13 nitrogen and oxygen atoms in total. The van der Waals surface area contributed by atoms with Crippen LogP contribution in [0.15, 0.2) is 0 Å². The van der Waals surface area contributed by atoms with Gasteiger partial charge in [-0.3, -0.25) is 19.2 Å². The number of carbonyl (C=O) groups excluding carboxylic acids is 4. The number of hydrogen-bond acceptors (Lipinski definition) is 10. The SMILES string of the molecule is C#CCCCC(=O)NCCN(CCN(CCSCCC(=O)NC1[C@H](O)OC(CO)[C@@H](O)[C@H]1O)C(=O)CC)C(=O)CC. The Kier molecular flexibility index (Phi) is 18.3. The summed E-state index contributed by atoms with van der Waals surface area (Å²) in [5, 5.41) is 44.5. The van der Waals surface area contributed by atoms with E-state index in [1.807, 2.05) is 0 Å². The molecule has 0 radical (unpaired) electrons. The van der Waals surface area contributed by atoms with E-state index in [9.17, 15) is 34.5 Å². The van der Waals surface area contributed by atoms with Gasteiger partial charge < -0.3 is 45.6 Å². The zero-order valence-electron chi connectivity index (χ0n) is 24.0. The quantitative estimate of drug-likeness (QED) is 0.0744. The molecule has 1 aliphatic heterocycles. The van der Waals surface area contributed by atoms with E-state index in [0.29, 0.717) is 76.3 Å². The highest BCUT2D eigenvalue weighted by molar-refractivity contribution is 7.99. The number of amides is 4. The summed E-state index contributed by atoms with van der Waals surface area (Å²) in [5.74, 6) is 2.72. The number of aliphatic hydroxyl groups excluding tert-OH is 4. The van der Waals surface area contributed by atoms with Crippen molar-refractivity contribution in [3.8, 4) is 12.3 Å². The van der Waals surface area contributed by atoms with Gasteiger partial charge in [0.1, 0.15) is 24.4 Å². The van der Waals surface area contributed by atoms with E-state index >= 15 is 0 Å². The first-order chi connectivity index (χ1) is 19.6. The van der Waals surface area contributed by atoms with E-state index in [1.54, 1.807) is 23.6 Å². The first kappa shape index (κ1) is 36.6. The summed E-state index contributed by atoms with van der Waals surface area (Å²) in [5.41, 5.74) is 0. The molecule has 14 heteroatoms. The fourth-order valence-corrected chi connectivity index (χ4v) is 5.02. The van der Waals surface area contributed by atoms with Crippen LogP contribution in [-0.2, 0) is 23.9 Å². The molecule has 0 bridgehead atoms. The van der Waals surface area contributed by atoms with Gasteiger partial charge in [0.2, 0.25) is 23.6 Å². The van der Waals surface area contributed by atoms with Crippen LogP contribution in [-0.4, -0.2) is 135 Å². The van der Waals surface area contributed by atoms with Crippen molar-refractivity contribution in [2.75, 3.05) is 50.8 Å². The lowest BCUT2D eigenvalue weighted by Crippen LogP contribution is -2.64. The van der Waals surface area contributed by atoms with E-state index < -0.39 is 43.2 Å². The number of aliphatic hydroxyl groups is 4. The fourth-order valence-electron chi connectivity index (χ4n) is 4.13. The smallest absolute Gasteiger partial charge is 0.222 e. The highest BCUT2D eigenvalue weighted by Crippen LogP contribution is 2.20. The van der Waals surface area contributed by atoms with Gasteiger partial charge in [-0.1, -0.05) is 13.8 Å². The molecular weight excluding hydrogens is 556 g/mol. The number of unbranched alkanes of at least 4 members (excludes halogenated alkanes) is 1. The Morgan fingerprint density at radius 3 is 2.12 bits per heavy atom. The van der Waals surface area contributed by atoms with Crippen LogP contribution in [0.2, 0.25) is 0 Å². The third-order valence-electron chi connectivity index (χ3n) is 6.59.